The molecule has 1 rings (SSSR count). The second-order valence-corrected chi connectivity index (χ2v) is 5.95. The summed E-state index contributed by atoms with van der Waals surface area (Å²) in [6.07, 6.45) is 0. The Morgan fingerprint density at radius 2 is 2.18 bits per heavy atom. The lowest BCUT2D eigenvalue weighted by atomic mass is 10.1. The van der Waals surface area contributed by atoms with E-state index in [0.717, 1.165) is 5.56 Å². The zero-order valence-corrected chi connectivity index (χ0v) is 12.2. The summed E-state index contributed by atoms with van der Waals surface area (Å²) in [5.41, 5.74) is 0.0177. The molecular formula is C12H18ClNO2S. The lowest BCUT2D eigenvalue weighted by Gasteiger charge is -2.27. The first kappa shape index (κ1) is 14.5. The summed E-state index contributed by atoms with van der Waals surface area (Å²) in [6, 6.07) is 0. The van der Waals surface area contributed by atoms with Crippen molar-refractivity contribution in [1.82, 2.24) is 4.90 Å². The van der Waals surface area contributed by atoms with Gasteiger partial charge in [0.15, 0.2) is 0 Å². The van der Waals surface area contributed by atoms with Crippen LogP contribution in [0.1, 0.15) is 36.0 Å². The maximum absolute atomic E-state index is 12.2. The van der Waals surface area contributed by atoms with Gasteiger partial charge in [-0.3, -0.25) is 4.79 Å². The maximum atomic E-state index is 12.2. The van der Waals surface area contributed by atoms with Crippen LogP contribution >= 0.6 is 22.9 Å². The van der Waals surface area contributed by atoms with Crippen LogP contribution in [0.25, 0.3) is 0 Å². The van der Waals surface area contributed by atoms with Gasteiger partial charge in [0.1, 0.15) is 4.88 Å². The first-order valence-electron chi connectivity index (χ1n) is 5.51. The molecule has 0 radical (unpaired) electrons. The van der Waals surface area contributed by atoms with E-state index in [9.17, 15) is 9.90 Å². The van der Waals surface area contributed by atoms with Gasteiger partial charge in [-0.25, -0.2) is 0 Å². The van der Waals surface area contributed by atoms with Gasteiger partial charge < -0.3 is 10.0 Å². The Morgan fingerprint density at radius 1 is 1.59 bits per heavy atom. The molecule has 0 aliphatic heterocycles. The van der Waals surface area contributed by atoms with Crippen molar-refractivity contribution in [1.29, 1.82) is 0 Å². The van der Waals surface area contributed by atoms with E-state index in [4.69, 9.17) is 11.6 Å². The zero-order valence-electron chi connectivity index (χ0n) is 10.6. The largest absolute Gasteiger partial charge is 0.389 e. The minimum Gasteiger partial charge on any atom is -0.389 e. The highest BCUT2D eigenvalue weighted by Gasteiger charge is 2.25. The predicted octanol–water partition coefficient (Wildman–Crippen LogP) is 2.94. The molecule has 1 aromatic heterocycles. The number of hydrogen-bond acceptors (Lipinski definition) is 3. The molecule has 0 unspecified atom stereocenters. The number of thiophene rings is 1. The fourth-order valence-corrected chi connectivity index (χ4v) is 2.75. The van der Waals surface area contributed by atoms with Gasteiger partial charge in [0.25, 0.3) is 5.91 Å². The third-order valence-corrected chi connectivity index (χ3v) is 4.03. The highest BCUT2D eigenvalue weighted by molar-refractivity contribution is 7.13. The summed E-state index contributed by atoms with van der Waals surface area (Å²) in [5.74, 6) is -0.113. The topological polar surface area (TPSA) is 40.5 Å². The number of nitrogens with zero attached hydrogens (tertiary/aromatic N) is 1. The van der Waals surface area contributed by atoms with Gasteiger partial charge in [0.2, 0.25) is 0 Å². The van der Waals surface area contributed by atoms with Crippen LogP contribution in [-0.4, -0.2) is 34.6 Å². The second-order valence-electron chi connectivity index (χ2n) is 4.69. The number of carbonyl (C=O) groups excluding carboxylic acids is 1. The molecule has 0 saturated carbocycles. The molecule has 0 saturated heterocycles. The monoisotopic (exact) mass is 275 g/mol. The van der Waals surface area contributed by atoms with E-state index in [2.05, 4.69) is 0 Å². The van der Waals surface area contributed by atoms with Crippen molar-refractivity contribution in [3.63, 3.8) is 0 Å². The predicted molar refractivity (Wildman–Crippen MR) is 71.9 cm³/mol. The van der Waals surface area contributed by atoms with E-state index >= 15 is 0 Å². The van der Waals surface area contributed by atoms with Crippen molar-refractivity contribution < 1.29 is 9.90 Å². The number of rotatable bonds is 4. The third kappa shape index (κ3) is 3.69. The molecule has 1 aromatic rings. The van der Waals surface area contributed by atoms with Crippen molar-refractivity contribution in [2.24, 2.45) is 0 Å². The van der Waals surface area contributed by atoms with Gasteiger partial charge in [0.05, 0.1) is 10.6 Å². The van der Waals surface area contributed by atoms with Crippen LogP contribution in [0.15, 0.2) is 5.38 Å². The normalized spacial score (nSPS) is 11.6. The summed E-state index contributed by atoms with van der Waals surface area (Å²) < 4.78 is 0. The minimum absolute atomic E-state index is 0.113. The number of aliphatic hydroxyl groups is 1. The number of carbonyl (C=O) groups is 1. The van der Waals surface area contributed by atoms with Crippen molar-refractivity contribution in [2.45, 2.75) is 33.3 Å². The molecule has 0 aliphatic rings. The first-order chi connectivity index (χ1) is 7.76. The molecular weight excluding hydrogens is 258 g/mol. The van der Waals surface area contributed by atoms with Gasteiger partial charge in [-0.2, -0.15) is 0 Å². The van der Waals surface area contributed by atoms with E-state index in [1.807, 2.05) is 19.2 Å². The average molecular weight is 276 g/mol. The van der Waals surface area contributed by atoms with Gasteiger partial charge >= 0.3 is 0 Å². The summed E-state index contributed by atoms with van der Waals surface area (Å²) in [6.45, 7) is 7.99. The molecule has 0 spiro atoms. The standard InChI is InChI=1S/C12H18ClNO2S/c1-5-14(7-12(3,4)16)11(15)10-9(13)8(2)6-17-10/h6,16H,5,7H2,1-4H3. The molecule has 96 valence electrons. The number of amides is 1. The SMILES string of the molecule is CCN(CC(C)(C)O)C(=O)c1scc(C)c1Cl. The molecule has 3 nitrogen and oxygen atoms in total. The summed E-state index contributed by atoms with van der Waals surface area (Å²) in [5, 5.41) is 12.2. The molecule has 1 N–H and O–H groups in total. The van der Waals surface area contributed by atoms with Crippen molar-refractivity contribution in [3.8, 4) is 0 Å². The molecule has 0 aromatic carbocycles. The van der Waals surface area contributed by atoms with E-state index < -0.39 is 5.60 Å². The molecule has 1 amide bonds. The lowest BCUT2D eigenvalue weighted by Crippen LogP contribution is -2.41. The van der Waals surface area contributed by atoms with Crippen molar-refractivity contribution in [2.75, 3.05) is 13.1 Å². The number of hydrogen-bond donors (Lipinski definition) is 1. The van der Waals surface area contributed by atoms with Crippen molar-refractivity contribution >= 4 is 28.8 Å². The van der Waals surface area contributed by atoms with Crippen LogP contribution in [0.2, 0.25) is 5.02 Å². The average Bonchev–Trinajstić information content (AvgIpc) is 2.54. The number of likely N-dealkylation sites (N-methyl/N-ethyl adjacent to an activating group) is 1. The number of halogens is 1. The van der Waals surface area contributed by atoms with E-state index in [-0.39, 0.29) is 5.91 Å². The Labute approximate surface area is 111 Å². The molecule has 0 atom stereocenters. The van der Waals surface area contributed by atoms with Crippen LogP contribution in [0, 0.1) is 6.92 Å². The van der Waals surface area contributed by atoms with Crippen LogP contribution in [0.3, 0.4) is 0 Å². The Morgan fingerprint density at radius 3 is 2.53 bits per heavy atom. The molecule has 0 fully saturated rings. The molecule has 0 bridgehead atoms. The number of aryl methyl sites for hydroxylation is 1. The summed E-state index contributed by atoms with van der Waals surface area (Å²) in [7, 11) is 0. The first-order valence-corrected chi connectivity index (χ1v) is 6.77. The molecule has 17 heavy (non-hydrogen) atoms. The van der Waals surface area contributed by atoms with Crippen LogP contribution < -0.4 is 0 Å². The van der Waals surface area contributed by atoms with Crippen LogP contribution in [-0.2, 0) is 0 Å². The van der Waals surface area contributed by atoms with E-state index in [1.165, 1.54) is 11.3 Å². The smallest absolute Gasteiger partial charge is 0.265 e. The Bertz CT molecular complexity index is 409. The lowest BCUT2D eigenvalue weighted by molar-refractivity contribution is 0.0317. The Hall–Kier alpha value is -0.580. The summed E-state index contributed by atoms with van der Waals surface area (Å²) in [4.78, 5) is 14.4. The van der Waals surface area contributed by atoms with Crippen molar-refractivity contribution in [3.05, 3.63) is 20.8 Å². The highest BCUT2D eigenvalue weighted by atomic mass is 35.5. The summed E-state index contributed by atoms with van der Waals surface area (Å²) >= 11 is 7.43. The maximum Gasteiger partial charge on any atom is 0.265 e. The zero-order chi connectivity index (χ0) is 13.2. The van der Waals surface area contributed by atoms with E-state index in [1.54, 1.807) is 18.7 Å². The van der Waals surface area contributed by atoms with Gasteiger partial charge in [0, 0.05) is 13.1 Å². The third-order valence-electron chi connectivity index (χ3n) is 2.34. The Kier molecular flexibility index (Phi) is 4.58. The highest BCUT2D eigenvalue weighted by Crippen LogP contribution is 2.28. The molecule has 1 heterocycles. The molecule has 5 heteroatoms. The molecule has 0 aliphatic carbocycles. The van der Waals surface area contributed by atoms with Gasteiger partial charge in [-0.1, -0.05) is 11.6 Å². The van der Waals surface area contributed by atoms with Gasteiger partial charge in [-0.15, -0.1) is 11.3 Å². The van der Waals surface area contributed by atoms with Gasteiger partial charge in [-0.05, 0) is 38.6 Å². The van der Waals surface area contributed by atoms with Crippen LogP contribution in [0.4, 0.5) is 0 Å². The second kappa shape index (κ2) is 5.38. The fraction of sp³-hybridized carbons (Fsp3) is 0.583. The quantitative estimate of drug-likeness (QED) is 0.918. The van der Waals surface area contributed by atoms with E-state index in [0.29, 0.717) is 23.0 Å². The Balaban J connectivity index is 2.91. The minimum atomic E-state index is -0.898. The van der Waals surface area contributed by atoms with Crippen LogP contribution in [0.5, 0.6) is 0 Å². The fourth-order valence-electron chi connectivity index (χ4n) is 1.51.